The summed E-state index contributed by atoms with van der Waals surface area (Å²) in [7, 11) is 0. The second-order valence-electron chi connectivity index (χ2n) is 4.29. The Bertz CT molecular complexity index is 322. The van der Waals surface area contributed by atoms with E-state index in [0.717, 1.165) is 4.47 Å². The third kappa shape index (κ3) is 3.32. The van der Waals surface area contributed by atoms with Crippen LogP contribution in [-0.2, 0) is 0 Å². The van der Waals surface area contributed by atoms with E-state index in [1.807, 2.05) is 0 Å². The minimum Gasteiger partial charge on any atom is -0.324 e. The maximum Gasteiger partial charge on any atom is 0.0323 e. The van der Waals surface area contributed by atoms with Crippen molar-refractivity contribution in [3.05, 3.63) is 33.8 Å². The molecule has 0 aliphatic heterocycles. The lowest BCUT2D eigenvalue weighted by Gasteiger charge is -2.21. The lowest BCUT2D eigenvalue weighted by molar-refractivity contribution is 0.432. The second kappa shape index (κ2) is 5.66. The van der Waals surface area contributed by atoms with Crippen molar-refractivity contribution < 1.29 is 0 Å². The fourth-order valence-corrected chi connectivity index (χ4v) is 2.29. The van der Waals surface area contributed by atoms with Gasteiger partial charge in [0.25, 0.3) is 0 Å². The highest BCUT2D eigenvalue weighted by Crippen LogP contribution is 2.27. The number of aryl methyl sites for hydroxylation is 1. The summed E-state index contributed by atoms with van der Waals surface area (Å²) in [4.78, 5) is 0. The highest BCUT2D eigenvalue weighted by Gasteiger charge is 2.15. The van der Waals surface area contributed by atoms with Gasteiger partial charge in [0.2, 0.25) is 0 Å². The second-order valence-corrected chi connectivity index (χ2v) is 5.21. The molecule has 0 saturated heterocycles. The van der Waals surface area contributed by atoms with E-state index >= 15 is 0 Å². The van der Waals surface area contributed by atoms with Crippen molar-refractivity contribution in [2.75, 3.05) is 0 Å². The van der Waals surface area contributed by atoms with Crippen LogP contribution in [0.4, 0.5) is 0 Å². The summed E-state index contributed by atoms with van der Waals surface area (Å²) in [6, 6.07) is 6.49. The van der Waals surface area contributed by atoms with Crippen LogP contribution in [0.5, 0.6) is 0 Å². The lowest BCUT2D eigenvalue weighted by Crippen LogP contribution is -2.20. The number of nitrogens with two attached hydrogens (primary N) is 1. The topological polar surface area (TPSA) is 26.0 Å². The Kier molecular flexibility index (Phi) is 4.81. The van der Waals surface area contributed by atoms with Crippen LogP contribution in [0, 0.1) is 12.8 Å². The summed E-state index contributed by atoms with van der Waals surface area (Å²) in [5.41, 5.74) is 8.83. The van der Waals surface area contributed by atoms with Crippen LogP contribution in [0.15, 0.2) is 22.7 Å². The molecule has 0 spiro atoms. The minimum atomic E-state index is 0.155. The van der Waals surface area contributed by atoms with E-state index in [2.05, 4.69) is 54.9 Å². The molecule has 1 nitrogen and oxygen atoms in total. The molecule has 0 fully saturated rings. The van der Waals surface area contributed by atoms with Gasteiger partial charge in [0.1, 0.15) is 0 Å². The van der Waals surface area contributed by atoms with Gasteiger partial charge in [-0.3, -0.25) is 0 Å². The zero-order chi connectivity index (χ0) is 11.4. The van der Waals surface area contributed by atoms with Gasteiger partial charge in [-0.05, 0) is 42.5 Å². The molecule has 2 unspecified atom stereocenters. The standard InChI is InChI=1S/C13H20BrN/c1-4-5-10(3)13(15)12-8-11(14)7-6-9(12)2/h6-8,10,13H,4-5,15H2,1-3H3. The summed E-state index contributed by atoms with van der Waals surface area (Å²) in [5.74, 6) is 0.544. The van der Waals surface area contributed by atoms with E-state index < -0.39 is 0 Å². The number of benzene rings is 1. The molecule has 0 radical (unpaired) electrons. The molecule has 0 aliphatic carbocycles. The summed E-state index contributed by atoms with van der Waals surface area (Å²) >= 11 is 3.50. The maximum atomic E-state index is 6.27. The number of rotatable bonds is 4. The zero-order valence-electron chi connectivity index (χ0n) is 9.76. The molecule has 0 amide bonds. The van der Waals surface area contributed by atoms with Crippen LogP contribution in [0.3, 0.4) is 0 Å². The Morgan fingerprint density at radius 2 is 2.07 bits per heavy atom. The van der Waals surface area contributed by atoms with E-state index in [0.29, 0.717) is 5.92 Å². The average molecular weight is 270 g/mol. The molecule has 0 heterocycles. The first-order valence-electron chi connectivity index (χ1n) is 5.58. The molecule has 1 rings (SSSR count). The molecular weight excluding hydrogens is 250 g/mol. The molecule has 0 saturated carbocycles. The molecule has 0 aromatic heterocycles. The molecule has 0 aliphatic rings. The fraction of sp³-hybridized carbons (Fsp3) is 0.538. The highest BCUT2D eigenvalue weighted by molar-refractivity contribution is 9.10. The maximum absolute atomic E-state index is 6.27. The van der Waals surface area contributed by atoms with E-state index in [9.17, 15) is 0 Å². The number of hydrogen-bond donors (Lipinski definition) is 1. The van der Waals surface area contributed by atoms with Crippen LogP contribution in [0.2, 0.25) is 0 Å². The van der Waals surface area contributed by atoms with E-state index in [4.69, 9.17) is 5.73 Å². The molecule has 15 heavy (non-hydrogen) atoms. The summed E-state index contributed by atoms with van der Waals surface area (Å²) in [5, 5.41) is 0. The van der Waals surface area contributed by atoms with Crippen molar-refractivity contribution in [1.82, 2.24) is 0 Å². The third-order valence-electron chi connectivity index (χ3n) is 2.96. The van der Waals surface area contributed by atoms with Crippen LogP contribution < -0.4 is 5.73 Å². The van der Waals surface area contributed by atoms with Crippen molar-refractivity contribution in [1.29, 1.82) is 0 Å². The van der Waals surface area contributed by atoms with E-state index in [1.54, 1.807) is 0 Å². The first kappa shape index (κ1) is 12.7. The average Bonchev–Trinajstić information content (AvgIpc) is 2.21. The van der Waals surface area contributed by atoms with Gasteiger partial charge in [-0.15, -0.1) is 0 Å². The molecule has 84 valence electrons. The Balaban J connectivity index is 2.89. The van der Waals surface area contributed by atoms with Gasteiger partial charge >= 0.3 is 0 Å². The number of halogens is 1. The Morgan fingerprint density at radius 3 is 2.67 bits per heavy atom. The predicted octanol–water partition coefficient (Wildman–Crippen LogP) is 4.19. The van der Waals surface area contributed by atoms with Crippen molar-refractivity contribution in [3.8, 4) is 0 Å². The zero-order valence-corrected chi connectivity index (χ0v) is 11.3. The van der Waals surface area contributed by atoms with Crippen molar-refractivity contribution >= 4 is 15.9 Å². The van der Waals surface area contributed by atoms with E-state index in [1.165, 1.54) is 24.0 Å². The summed E-state index contributed by atoms with van der Waals surface area (Å²) in [6.45, 7) is 6.56. The third-order valence-corrected chi connectivity index (χ3v) is 3.45. The van der Waals surface area contributed by atoms with Gasteiger partial charge in [0.15, 0.2) is 0 Å². The van der Waals surface area contributed by atoms with Gasteiger partial charge in [-0.1, -0.05) is 42.3 Å². The first-order valence-corrected chi connectivity index (χ1v) is 6.37. The molecular formula is C13H20BrN. The summed E-state index contributed by atoms with van der Waals surface area (Å²) < 4.78 is 1.11. The quantitative estimate of drug-likeness (QED) is 0.872. The van der Waals surface area contributed by atoms with Crippen molar-refractivity contribution in [2.24, 2.45) is 11.7 Å². The molecule has 0 bridgehead atoms. The Hall–Kier alpha value is -0.340. The van der Waals surface area contributed by atoms with Gasteiger partial charge in [-0.2, -0.15) is 0 Å². The van der Waals surface area contributed by atoms with Gasteiger partial charge in [0.05, 0.1) is 0 Å². The van der Waals surface area contributed by atoms with Crippen LogP contribution in [0.1, 0.15) is 43.9 Å². The van der Waals surface area contributed by atoms with Crippen LogP contribution >= 0.6 is 15.9 Å². The SMILES string of the molecule is CCCC(C)C(N)c1cc(Br)ccc1C. The van der Waals surface area contributed by atoms with Crippen LogP contribution in [-0.4, -0.2) is 0 Å². The van der Waals surface area contributed by atoms with Gasteiger partial charge < -0.3 is 5.73 Å². The molecule has 1 aromatic rings. The van der Waals surface area contributed by atoms with Crippen molar-refractivity contribution in [3.63, 3.8) is 0 Å². The summed E-state index contributed by atoms with van der Waals surface area (Å²) in [6.07, 6.45) is 2.38. The normalized spacial score (nSPS) is 15.0. The molecule has 2 heteroatoms. The highest BCUT2D eigenvalue weighted by atomic mass is 79.9. The molecule has 1 aromatic carbocycles. The van der Waals surface area contributed by atoms with Gasteiger partial charge in [-0.25, -0.2) is 0 Å². The van der Waals surface area contributed by atoms with Crippen LogP contribution in [0.25, 0.3) is 0 Å². The molecule has 2 N–H and O–H groups in total. The molecule has 2 atom stereocenters. The minimum absolute atomic E-state index is 0.155. The van der Waals surface area contributed by atoms with E-state index in [-0.39, 0.29) is 6.04 Å². The van der Waals surface area contributed by atoms with Gasteiger partial charge in [0, 0.05) is 10.5 Å². The monoisotopic (exact) mass is 269 g/mol. The smallest absolute Gasteiger partial charge is 0.0323 e. The fourth-order valence-electron chi connectivity index (χ4n) is 1.91. The first-order chi connectivity index (χ1) is 7.06. The van der Waals surface area contributed by atoms with Crippen molar-refractivity contribution in [2.45, 2.75) is 39.7 Å². The predicted molar refractivity (Wildman–Crippen MR) is 69.9 cm³/mol. The lowest BCUT2D eigenvalue weighted by atomic mass is 9.89. The number of hydrogen-bond acceptors (Lipinski definition) is 1. The largest absolute Gasteiger partial charge is 0.324 e. The Labute approximate surface area is 101 Å². The Morgan fingerprint density at radius 1 is 1.40 bits per heavy atom.